The summed E-state index contributed by atoms with van der Waals surface area (Å²) in [5.41, 5.74) is 1.77. The summed E-state index contributed by atoms with van der Waals surface area (Å²) in [6, 6.07) is 12.3. The number of nitrogens with zero attached hydrogens (tertiary/aromatic N) is 2. The summed E-state index contributed by atoms with van der Waals surface area (Å²) >= 11 is 5.98. The normalized spacial score (nSPS) is 21.3. The summed E-state index contributed by atoms with van der Waals surface area (Å²) in [6.07, 6.45) is 1.39. The molecule has 4 rings (SSSR count). The molecule has 7 nitrogen and oxygen atoms in total. The van der Waals surface area contributed by atoms with Crippen LogP contribution < -0.4 is 15.0 Å². The highest BCUT2D eigenvalue weighted by atomic mass is 35.5. The molecule has 0 spiro atoms. The van der Waals surface area contributed by atoms with E-state index in [2.05, 4.69) is 22.3 Å². The number of carbonyl (C=O) groups is 1. The van der Waals surface area contributed by atoms with Crippen LogP contribution in [0.15, 0.2) is 42.5 Å². The number of ether oxygens (including phenoxy) is 2. The number of carbonyl (C=O) groups excluding carboxylic acids is 1. The molecule has 2 fully saturated rings. The Bertz CT molecular complexity index is 985. The minimum atomic E-state index is -0.594. The van der Waals surface area contributed by atoms with Crippen molar-refractivity contribution in [1.29, 1.82) is 0 Å². The van der Waals surface area contributed by atoms with Crippen molar-refractivity contribution >= 4 is 23.3 Å². The Labute approximate surface area is 210 Å². The van der Waals surface area contributed by atoms with Crippen molar-refractivity contribution in [3.8, 4) is 5.75 Å². The molecule has 2 N–H and O–H groups in total. The summed E-state index contributed by atoms with van der Waals surface area (Å²) in [6.45, 7) is 5.47. The summed E-state index contributed by atoms with van der Waals surface area (Å²) < 4.78 is 24.6. The molecule has 35 heavy (non-hydrogen) atoms. The molecule has 2 saturated heterocycles. The van der Waals surface area contributed by atoms with Gasteiger partial charge in [0.05, 0.1) is 24.4 Å². The number of nitrogens with one attached hydrogen (secondary N) is 1. The van der Waals surface area contributed by atoms with E-state index in [1.54, 1.807) is 6.92 Å². The van der Waals surface area contributed by atoms with Gasteiger partial charge in [0.15, 0.2) is 6.61 Å². The third-order valence-corrected chi connectivity index (χ3v) is 6.81. The van der Waals surface area contributed by atoms with E-state index in [0.29, 0.717) is 30.6 Å². The monoisotopic (exact) mass is 505 g/mol. The lowest BCUT2D eigenvalue weighted by Gasteiger charge is -2.34. The first-order valence-corrected chi connectivity index (χ1v) is 12.5. The molecule has 0 saturated carbocycles. The third-order valence-electron chi connectivity index (χ3n) is 6.56. The van der Waals surface area contributed by atoms with E-state index in [1.165, 1.54) is 23.8 Å². The van der Waals surface area contributed by atoms with Crippen molar-refractivity contribution in [1.82, 2.24) is 10.2 Å². The van der Waals surface area contributed by atoms with Crippen molar-refractivity contribution in [3.05, 3.63) is 58.9 Å². The standard InChI is InChI=1S/C26H33ClFN3O4/c1-2-34-26(33)17-35-25-8-7-20(28)13-23(25)31-15-22(24(32)16-31)29-21-9-11-30(12-10-21)14-18-3-5-19(27)6-4-18/h3-8,13,21-22,24,29,32H,2,9-12,14-17H2,1H3/t22?,24-/m1/s1. The zero-order valence-corrected chi connectivity index (χ0v) is 20.7. The summed E-state index contributed by atoms with van der Waals surface area (Å²) in [7, 11) is 0. The topological polar surface area (TPSA) is 74.3 Å². The first-order chi connectivity index (χ1) is 16.9. The van der Waals surface area contributed by atoms with Crippen molar-refractivity contribution in [3.63, 3.8) is 0 Å². The van der Waals surface area contributed by atoms with Gasteiger partial charge in [-0.2, -0.15) is 0 Å². The van der Waals surface area contributed by atoms with Crippen molar-refractivity contribution in [2.45, 2.75) is 44.5 Å². The molecule has 2 aliphatic heterocycles. The van der Waals surface area contributed by atoms with Crippen LogP contribution in [-0.2, 0) is 16.1 Å². The van der Waals surface area contributed by atoms with Crippen molar-refractivity contribution < 1.29 is 23.8 Å². The highest BCUT2D eigenvalue weighted by molar-refractivity contribution is 6.30. The molecule has 190 valence electrons. The Kier molecular flexibility index (Phi) is 8.83. The molecule has 2 aromatic rings. The predicted molar refractivity (Wildman–Crippen MR) is 133 cm³/mol. The second-order valence-electron chi connectivity index (χ2n) is 9.13. The second kappa shape index (κ2) is 12.0. The van der Waals surface area contributed by atoms with Gasteiger partial charge in [-0.25, -0.2) is 9.18 Å². The maximum Gasteiger partial charge on any atom is 0.344 e. The minimum Gasteiger partial charge on any atom is -0.480 e. The van der Waals surface area contributed by atoms with E-state index >= 15 is 0 Å². The minimum absolute atomic E-state index is 0.135. The number of aliphatic hydroxyl groups excluding tert-OH is 1. The Morgan fingerprint density at radius 2 is 1.91 bits per heavy atom. The number of β-amino-alcohol motifs (C(OH)–C–C–N with tert-alkyl or cyclic N) is 1. The molecule has 0 bridgehead atoms. The van der Waals surface area contributed by atoms with Gasteiger partial charge in [0, 0.05) is 36.8 Å². The Morgan fingerprint density at radius 3 is 2.63 bits per heavy atom. The van der Waals surface area contributed by atoms with Gasteiger partial charge in [-0.15, -0.1) is 0 Å². The molecule has 9 heteroatoms. The number of hydrogen-bond donors (Lipinski definition) is 2. The molecule has 2 aliphatic rings. The van der Waals surface area contributed by atoms with Crippen LogP contribution in [0.2, 0.25) is 5.02 Å². The van der Waals surface area contributed by atoms with Gasteiger partial charge >= 0.3 is 5.97 Å². The zero-order chi connectivity index (χ0) is 24.8. The Morgan fingerprint density at radius 1 is 1.17 bits per heavy atom. The molecule has 0 aliphatic carbocycles. The highest BCUT2D eigenvalue weighted by Crippen LogP contribution is 2.32. The number of aliphatic hydroxyl groups is 1. The van der Waals surface area contributed by atoms with Gasteiger partial charge < -0.3 is 24.8 Å². The number of anilines is 1. The largest absolute Gasteiger partial charge is 0.480 e. The van der Waals surface area contributed by atoms with Gasteiger partial charge in [0.1, 0.15) is 11.6 Å². The van der Waals surface area contributed by atoms with E-state index in [4.69, 9.17) is 21.1 Å². The summed E-state index contributed by atoms with van der Waals surface area (Å²) in [4.78, 5) is 16.0. The van der Waals surface area contributed by atoms with Crippen LogP contribution in [0.5, 0.6) is 5.75 Å². The molecule has 2 aromatic carbocycles. The van der Waals surface area contributed by atoms with Crippen LogP contribution >= 0.6 is 11.6 Å². The van der Waals surface area contributed by atoms with Gasteiger partial charge in [-0.1, -0.05) is 23.7 Å². The first kappa shape index (κ1) is 25.7. The summed E-state index contributed by atoms with van der Waals surface area (Å²) in [5.74, 6) is -0.489. The van der Waals surface area contributed by atoms with Crippen LogP contribution in [-0.4, -0.2) is 73.6 Å². The molecule has 0 radical (unpaired) electrons. The SMILES string of the molecule is CCOC(=O)COc1ccc(F)cc1N1CC(NC2CCN(Cc3ccc(Cl)cc3)CC2)[C@H](O)C1. The number of rotatable bonds is 9. The Balaban J connectivity index is 1.30. The maximum absolute atomic E-state index is 14.0. The third kappa shape index (κ3) is 7.07. The van der Waals surface area contributed by atoms with Crippen molar-refractivity contribution in [2.24, 2.45) is 0 Å². The van der Waals surface area contributed by atoms with Crippen LogP contribution in [0.1, 0.15) is 25.3 Å². The molecule has 2 heterocycles. The van der Waals surface area contributed by atoms with E-state index in [9.17, 15) is 14.3 Å². The van der Waals surface area contributed by atoms with E-state index < -0.39 is 17.9 Å². The van der Waals surface area contributed by atoms with Gasteiger partial charge in [0.25, 0.3) is 0 Å². The van der Waals surface area contributed by atoms with Gasteiger partial charge in [-0.05, 0) is 62.7 Å². The highest BCUT2D eigenvalue weighted by Gasteiger charge is 2.35. The smallest absolute Gasteiger partial charge is 0.344 e. The molecule has 1 unspecified atom stereocenters. The quantitative estimate of drug-likeness (QED) is 0.507. The fourth-order valence-electron chi connectivity index (χ4n) is 4.75. The lowest BCUT2D eigenvalue weighted by atomic mass is 10.0. The van der Waals surface area contributed by atoms with Crippen molar-refractivity contribution in [2.75, 3.05) is 44.3 Å². The lowest BCUT2D eigenvalue weighted by Crippen LogP contribution is -2.49. The van der Waals surface area contributed by atoms with Gasteiger partial charge in [-0.3, -0.25) is 4.90 Å². The number of piperidine rings is 1. The predicted octanol–water partition coefficient (Wildman–Crippen LogP) is 3.22. The van der Waals surface area contributed by atoms with E-state index in [0.717, 1.165) is 37.5 Å². The second-order valence-corrected chi connectivity index (χ2v) is 9.56. The van der Waals surface area contributed by atoms with Crippen LogP contribution in [0.25, 0.3) is 0 Å². The Hall–Kier alpha value is -2.39. The summed E-state index contributed by atoms with van der Waals surface area (Å²) in [5, 5.41) is 15.1. The number of benzene rings is 2. The van der Waals surface area contributed by atoms with Crippen LogP contribution in [0, 0.1) is 5.82 Å². The number of hydrogen-bond acceptors (Lipinski definition) is 7. The maximum atomic E-state index is 14.0. The molecular weight excluding hydrogens is 473 g/mol. The van der Waals surface area contributed by atoms with Crippen LogP contribution in [0.3, 0.4) is 0 Å². The number of likely N-dealkylation sites (tertiary alicyclic amines) is 1. The molecule has 0 aromatic heterocycles. The average molecular weight is 506 g/mol. The van der Waals surface area contributed by atoms with Crippen LogP contribution in [0.4, 0.5) is 10.1 Å². The zero-order valence-electron chi connectivity index (χ0n) is 20.0. The average Bonchev–Trinajstić information content (AvgIpc) is 3.21. The lowest BCUT2D eigenvalue weighted by molar-refractivity contribution is -0.145. The molecule has 2 atom stereocenters. The first-order valence-electron chi connectivity index (χ1n) is 12.1. The van der Waals surface area contributed by atoms with Gasteiger partial charge in [0.2, 0.25) is 0 Å². The fraction of sp³-hybridized carbons (Fsp3) is 0.500. The van der Waals surface area contributed by atoms with E-state index in [-0.39, 0.29) is 19.3 Å². The number of esters is 1. The number of halogens is 2. The molecular formula is C26H33ClFN3O4. The fourth-order valence-corrected chi connectivity index (χ4v) is 4.88. The van der Waals surface area contributed by atoms with E-state index in [1.807, 2.05) is 17.0 Å². The molecule has 0 amide bonds.